The molecule has 4 heterocycles. The molecule has 3 aromatic rings. The van der Waals surface area contributed by atoms with Crippen molar-refractivity contribution in [2.24, 2.45) is 11.8 Å². The van der Waals surface area contributed by atoms with E-state index in [9.17, 15) is 19.5 Å². The zero-order valence-corrected chi connectivity index (χ0v) is 30.5. The third-order valence-corrected chi connectivity index (χ3v) is 9.99. The van der Waals surface area contributed by atoms with E-state index in [4.69, 9.17) is 23.4 Å². The van der Waals surface area contributed by atoms with Crippen molar-refractivity contribution in [1.29, 1.82) is 0 Å². The molecule has 270 valence electrons. The molecule has 6 rings (SSSR count). The fraction of sp³-hybridized carbons (Fsp3) is 0.537. The van der Waals surface area contributed by atoms with Gasteiger partial charge < -0.3 is 28.5 Å². The van der Waals surface area contributed by atoms with Crippen LogP contribution in [0.5, 0.6) is 5.75 Å². The largest absolute Gasteiger partial charge is 0.483 e. The van der Waals surface area contributed by atoms with E-state index in [1.165, 1.54) is 0 Å². The monoisotopic (exact) mass is 688 g/mol. The summed E-state index contributed by atoms with van der Waals surface area (Å²) >= 11 is 0. The lowest BCUT2D eigenvalue weighted by atomic mass is 9.86. The number of hydrogen-bond acceptors (Lipinski definition) is 9. The van der Waals surface area contributed by atoms with Crippen molar-refractivity contribution in [1.82, 2.24) is 0 Å². The van der Waals surface area contributed by atoms with Crippen LogP contribution in [0.4, 0.5) is 0 Å². The van der Waals surface area contributed by atoms with Crippen LogP contribution in [-0.2, 0) is 36.6 Å². The summed E-state index contributed by atoms with van der Waals surface area (Å²) in [6.07, 6.45) is 1.99. The van der Waals surface area contributed by atoms with Gasteiger partial charge in [-0.15, -0.1) is 0 Å². The maximum atomic E-state index is 14.1. The molecular formula is C41H52O9. The number of aliphatic hydroxyl groups is 1. The minimum atomic E-state index is -1.12. The highest BCUT2D eigenvalue weighted by molar-refractivity contribution is 5.90. The van der Waals surface area contributed by atoms with Crippen LogP contribution in [0.3, 0.4) is 0 Å². The van der Waals surface area contributed by atoms with Crippen LogP contribution < -0.4 is 10.4 Å². The van der Waals surface area contributed by atoms with E-state index in [1.54, 1.807) is 39.2 Å². The molecule has 9 heteroatoms. The summed E-state index contributed by atoms with van der Waals surface area (Å²) in [4.78, 5) is 41.6. The lowest BCUT2D eigenvalue weighted by molar-refractivity contribution is -0.188. The molecule has 0 fully saturated rings. The lowest BCUT2D eigenvalue weighted by Crippen LogP contribution is -2.52. The smallest absolute Gasteiger partial charge is 0.339 e. The van der Waals surface area contributed by atoms with Crippen LogP contribution in [0.2, 0.25) is 0 Å². The zero-order chi connectivity index (χ0) is 36.2. The number of hydrogen-bond donors (Lipinski definition) is 1. The third kappa shape index (κ3) is 8.49. The van der Waals surface area contributed by atoms with Crippen LogP contribution in [-0.4, -0.2) is 49.1 Å². The number of aryl methyl sites for hydroxylation is 1. The summed E-state index contributed by atoms with van der Waals surface area (Å²) < 4.78 is 30.6. The summed E-state index contributed by atoms with van der Waals surface area (Å²) in [5, 5.41) is 10.2. The van der Waals surface area contributed by atoms with Crippen LogP contribution in [0.25, 0.3) is 11.0 Å². The summed E-state index contributed by atoms with van der Waals surface area (Å²) in [5.74, 6) is -0.437. The second-order valence-electron chi connectivity index (χ2n) is 15.0. The summed E-state index contributed by atoms with van der Waals surface area (Å²) in [5.41, 5.74) is 2.85. The number of esters is 2. The number of benzene rings is 2. The average Bonchev–Trinajstić information content (AvgIpc) is 3.04. The summed E-state index contributed by atoms with van der Waals surface area (Å²) in [7, 11) is 1.54. The minimum absolute atomic E-state index is 0.0338. The van der Waals surface area contributed by atoms with Crippen molar-refractivity contribution in [3.8, 4) is 5.75 Å². The second-order valence-corrected chi connectivity index (χ2v) is 15.0. The molecule has 3 aliphatic rings. The molecule has 4 atom stereocenters. The fourth-order valence-corrected chi connectivity index (χ4v) is 7.17. The van der Waals surface area contributed by atoms with E-state index in [0.717, 1.165) is 36.0 Å². The molecule has 0 spiro atoms. The Morgan fingerprint density at radius 3 is 2.34 bits per heavy atom. The van der Waals surface area contributed by atoms with Gasteiger partial charge in [0, 0.05) is 42.6 Å². The number of ether oxygens (including phenoxy) is 4. The fourth-order valence-electron chi connectivity index (χ4n) is 7.17. The Morgan fingerprint density at radius 2 is 1.68 bits per heavy atom. The number of allylic oxidation sites excluding steroid dienone is 1. The Morgan fingerprint density at radius 1 is 0.960 bits per heavy atom. The normalized spacial score (nSPS) is 21.6. The quantitative estimate of drug-likeness (QED) is 0.145. The molecule has 1 N–H and O–H groups in total. The zero-order valence-electron chi connectivity index (χ0n) is 30.5. The highest BCUT2D eigenvalue weighted by atomic mass is 16.6. The molecule has 0 saturated heterocycles. The number of rotatable bonds is 8. The first-order chi connectivity index (χ1) is 23.8. The van der Waals surface area contributed by atoms with E-state index in [0.29, 0.717) is 53.0 Å². The van der Waals surface area contributed by atoms with Crippen LogP contribution in [0.15, 0.2) is 62.8 Å². The number of methoxy groups -OCH3 is 1. The first-order valence-electron chi connectivity index (χ1n) is 17.8. The van der Waals surface area contributed by atoms with Gasteiger partial charge in [0.05, 0.1) is 12.2 Å². The molecule has 2 aromatic carbocycles. The first-order valence-corrected chi connectivity index (χ1v) is 17.8. The van der Waals surface area contributed by atoms with E-state index in [2.05, 4.69) is 38.1 Å². The average molecular weight is 689 g/mol. The van der Waals surface area contributed by atoms with E-state index >= 15 is 0 Å². The van der Waals surface area contributed by atoms with Gasteiger partial charge >= 0.3 is 17.6 Å². The van der Waals surface area contributed by atoms with Crippen molar-refractivity contribution < 1.29 is 38.1 Å². The SMILES string of the molecule is COC[C@@H](CCO)c1cc2ccc3c(c2oc1=O)[C@H]1OC(=O)C[C@H](CCC(C)C)Cc2ccc(cc2)CCC(=C(C)C)C(=O)O[C@H]1C(C)(C)O3. The first kappa shape index (κ1) is 37.3. The van der Waals surface area contributed by atoms with Crippen molar-refractivity contribution >= 4 is 22.9 Å². The van der Waals surface area contributed by atoms with Gasteiger partial charge in [-0.2, -0.15) is 0 Å². The predicted molar refractivity (Wildman–Crippen MR) is 191 cm³/mol. The van der Waals surface area contributed by atoms with Gasteiger partial charge in [0.15, 0.2) is 12.2 Å². The molecule has 3 aliphatic heterocycles. The van der Waals surface area contributed by atoms with Gasteiger partial charge in [0.25, 0.3) is 0 Å². The Kier molecular flexibility index (Phi) is 11.9. The molecular weight excluding hydrogens is 636 g/mol. The Hall–Kier alpha value is -3.95. The number of aliphatic hydroxyl groups excluding tert-OH is 1. The summed E-state index contributed by atoms with van der Waals surface area (Å²) in [6, 6.07) is 13.7. The molecule has 0 unspecified atom stereocenters. The molecule has 0 aliphatic carbocycles. The van der Waals surface area contributed by atoms with Gasteiger partial charge in [0.2, 0.25) is 0 Å². The molecule has 0 amide bonds. The highest BCUT2D eigenvalue weighted by Gasteiger charge is 2.50. The van der Waals surface area contributed by atoms with Crippen molar-refractivity contribution in [2.45, 2.75) is 110 Å². The molecule has 2 bridgehead atoms. The van der Waals surface area contributed by atoms with Gasteiger partial charge in [-0.1, -0.05) is 50.1 Å². The van der Waals surface area contributed by atoms with Gasteiger partial charge in [-0.05, 0) is 101 Å². The minimum Gasteiger partial charge on any atom is -0.483 e. The Bertz CT molecular complexity index is 1760. The van der Waals surface area contributed by atoms with Gasteiger partial charge in [-0.3, -0.25) is 4.79 Å². The van der Waals surface area contributed by atoms with E-state index < -0.39 is 35.4 Å². The topological polar surface area (TPSA) is 122 Å². The molecule has 9 nitrogen and oxygen atoms in total. The van der Waals surface area contributed by atoms with E-state index in [1.807, 2.05) is 13.8 Å². The third-order valence-electron chi connectivity index (χ3n) is 9.99. The van der Waals surface area contributed by atoms with Crippen LogP contribution >= 0.6 is 0 Å². The molecule has 1 aromatic heterocycles. The Balaban J connectivity index is 1.64. The number of fused-ring (bicyclic) bond motifs is 13. The van der Waals surface area contributed by atoms with E-state index in [-0.39, 0.29) is 37.1 Å². The van der Waals surface area contributed by atoms with Crippen LogP contribution in [0.1, 0.15) is 108 Å². The van der Waals surface area contributed by atoms with Gasteiger partial charge in [-0.25, -0.2) is 9.59 Å². The van der Waals surface area contributed by atoms with Gasteiger partial charge in [0.1, 0.15) is 16.9 Å². The summed E-state index contributed by atoms with van der Waals surface area (Å²) in [6.45, 7) is 11.8. The van der Waals surface area contributed by atoms with Crippen molar-refractivity contribution in [3.63, 3.8) is 0 Å². The van der Waals surface area contributed by atoms with Crippen LogP contribution in [0, 0.1) is 11.8 Å². The predicted octanol–water partition coefficient (Wildman–Crippen LogP) is 7.54. The second kappa shape index (κ2) is 15.9. The molecule has 0 saturated carbocycles. The maximum Gasteiger partial charge on any atom is 0.339 e. The highest BCUT2D eigenvalue weighted by Crippen LogP contribution is 2.47. The maximum absolute atomic E-state index is 14.1. The standard InChI is InChI=1S/C41H52O9/c1-24(2)8-9-28-20-27-12-10-26(11-13-27)14-16-31(25(3)4)39(44)49-38-37(47-34(43)21-28)35-33(50-41(38,5)6)17-15-29-22-32(40(45)48-36(29)35)30(18-19-42)23-46-7/h10-13,15,17,22,24,28,30,37-38,42H,8-9,14,16,18-21,23H2,1-7H3/t28-,30-,37-,38-/m1/s1. The van der Waals surface area contributed by atoms with Crippen molar-refractivity contribution in [2.75, 3.05) is 20.3 Å². The molecule has 0 radical (unpaired) electrons. The number of carbonyl (C=O) groups is 2. The number of carbonyl (C=O) groups excluding carboxylic acids is 2. The lowest BCUT2D eigenvalue weighted by Gasteiger charge is -2.43. The Labute approximate surface area is 294 Å². The molecule has 50 heavy (non-hydrogen) atoms. The van der Waals surface area contributed by atoms with Crippen molar-refractivity contribution in [3.05, 3.63) is 86.3 Å².